The normalized spacial score (nSPS) is 16.5. The summed E-state index contributed by atoms with van der Waals surface area (Å²) in [6, 6.07) is 27.4. The summed E-state index contributed by atoms with van der Waals surface area (Å²) in [6.45, 7) is 4.69. The Morgan fingerprint density at radius 1 is 0.978 bits per heavy atom. The molecule has 1 aliphatic rings. The molecule has 2 aromatic heterocycles. The minimum Gasteiger partial charge on any atom is -0.481 e. The number of para-hydroxylation sites is 1. The Bertz CT molecular complexity index is 1770. The van der Waals surface area contributed by atoms with Gasteiger partial charge in [0.1, 0.15) is 11.6 Å². The van der Waals surface area contributed by atoms with Gasteiger partial charge in [0.05, 0.1) is 29.6 Å². The maximum absolute atomic E-state index is 14.0. The summed E-state index contributed by atoms with van der Waals surface area (Å²) in [5, 5.41) is 12.8. The van der Waals surface area contributed by atoms with Crippen molar-refractivity contribution in [1.29, 1.82) is 0 Å². The highest BCUT2D eigenvalue weighted by molar-refractivity contribution is 6.61. The molecule has 9 nitrogen and oxygen atoms in total. The lowest BCUT2D eigenvalue weighted by Crippen LogP contribution is -2.49. The molecule has 3 heterocycles. The maximum Gasteiger partial charge on any atom is 0.494 e. The van der Waals surface area contributed by atoms with Crippen LogP contribution < -0.4 is 10.8 Å². The van der Waals surface area contributed by atoms with Gasteiger partial charge in [-0.15, -0.1) is 0 Å². The largest absolute Gasteiger partial charge is 0.494 e. The zero-order chi connectivity index (χ0) is 32.0. The van der Waals surface area contributed by atoms with Crippen molar-refractivity contribution < 1.29 is 23.6 Å². The average Bonchev–Trinajstić information content (AvgIpc) is 3.45. The van der Waals surface area contributed by atoms with Crippen molar-refractivity contribution in [2.45, 2.75) is 57.8 Å². The highest BCUT2D eigenvalue weighted by Gasteiger charge is 2.36. The van der Waals surface area contributed by atoms with Gasteiger partial charge in [0, 0.05) is 36.0 Å². The standard InChI is InChI=1S/C35H35BFN5O4/c1-23(2)34-41-32(24-13-15-26(37)16-14-24)33(30-17-19-38-35(40-30)39-27-11-7-4-8-12-27)42(34)20-18-28-21-29(22-31(43)44)46-36(45-28)25-9-5-3-6-10-25/h3-17,19,23,28-29H,18,20-22H2,1-2H3,(H,43,44)(H,38,39,40). The molecular formula is C35H35BFN5O4. The highest BCUT2D eigenvalue weighted by Crippen LogP contribution is 2.35. The van der Waals surface area contributed by atoms with Crippen LogP contribution in [0.1, 0.15) is 44.9 Å². The molecule has 2 unspecified atom stereocenters. The second-order valence-corrected chi connectivity index (χ2v) is 11.6. The molecule has 1 saturated heterocycles. The predicted octanol–water partition coefficient (Wildman–Crippen LogP) is 6.45. The summed E-state index contributed by atoms with van der Waals surface area (Å²) >= 11 is 0. The second kappa shape index (κ2) is 14.1. The molecule has 46 heavy (non-hydrogen) atoms. The monoisotopic (exact) mass is 619 g/mol. The summed E-state index contributed by atoms with van der Waals surface area (Å²) in [5.41, 5.74) is 4.59. The molecule has 6 rings (SSSR count). The van der Waals surface area contributed by atoms with Crippen molar-refractivity contribution in [3.05, 3.63) is 109 Å². The van der Waals surface area contributed by atoms with E-state index in [1.807, 2.05) is 66.7 Å². The summed E-state index contributed by atoms with van der Waals surface area (Å²) in [5.74, 6) is 0.0980. The van der Waals surface area contributed by atoms with E-state index < -0.39 is 19.2 Å². The maximum atomic E-state index is 14.0. The van der Waals surface area contributed by atoms with Crippen molar-refractivity contribution in [1.82, 2.24) is 19.5 Å². The first-order valence-electron chi connectivity index (χ1n) is 15.4. The molecule has 1 aliphatic heterocycles. The number of imidazole rings is 1. The molecule has 3 aromatic carbocycles. The number of benzene rings is 3. The number of halogens is 1. The van der Waals surface area contributed by atoms with Crippen LogP contribution in [0.5, 0.6) is 0 Å². The van der Waals surface area contributed by atoms with Gasteiger partial charge in [0.25, 0.3) is 0 Å². The van der Waals surface area contributed by atoms with E-state index in [1.165, 1.54) is 12.1 Å². The Labute approximate surface area is 267 Å². The minimum absolute atomic E-state index is 0.0594. The van der Waals surface area contributed by atoms with E-state index in [4.69, 9.17) is 19.3 Å². The van der Waals surface area contributed by atoms with Gasteiger partial charge in [-0.1, -0.05) is 62.4 Å². The van der Waals surface area contributed by atoms with Crippen LogP contribution in [0.3, 0.4) is 0 Å². The van der Waals surface area contributed by atoms with Crippen LogP contribution in [0.4, 0.5) is 16.0 Å². The van der Waals surface area contributed by atoms with Gasteiger partial charge >= 0.3 is 13.1 Å². The third kappa shape index (κ3) is 7.33. The van der Waals surface area contributed by atoms with Crippen LogP contribution in [0.25, 0.3) is 22.6 Å². The predicted molar refractivity (Wildman–Crippen MR) is 176 cm³/mol. The molecule has 0 bridgehead atoms. The molecule has 0 amide bonds. The number of hydrogen-bond acceptors (Lipinski definition) is 7. The van der Waals surface area contributed by atoms with E-state index >= 15 is 0 Å². The van der Waals surface area contributed by atoms with Crippen molar-refractivity contribution >= 4 is 30.2 Å². The van der Waals surface area contributed by atoms with Crippen molar-refractivity contribution in [2.75, 3.05) is 5.32 Å². The molecule has 11 heteroatoms. The number of carbonyl (C=O) groups is 1. The van der Waals surface area contributed by atoms with Crippen LogP contribution in [0, 0.1) is 5.82 Å². The molecule has 2 atom stereocenters. The Morgan fingerprint density at radius 3 is 2.37 bits per heavy atom. The number of aliphatic carboxylic acids is 1. The van der Waals surface area contributed by atoms with E-state index in [2.05, 4.69) is 28.7 Å². The van der Waals surface area contributed by atoms with Crippen LogP contribution >= 0.6 is 0 Å². The van der Waals surface area contributed by atoms with Gasteiger partial charge in [-0.25, -0.2) is 19.3 Å². The quantitative estimate of drug-likeness (QED) is 0.162. The molecule has 0 aliphatic carbocycles. The summed E-state index contributed by atoms with van der Waals surface area (Å²) in [4.78, 5) is 26.1. The van der Waals surface area contributed by atoms with Gasteiger partial charge in [-0.3, -0.25) is 4.79 Å². The van der Waals surface area contributed by atoms with Gasteiger partial charge < -0.3 is 24.3 Å². The number of anilines is 2. The lowest BCUT2D eigenvalue weighted by atomic mass is 9.76. The van der Waals surface area contributed by atoms with Gasteiger partial charge in [-0.05, 0) is 60.8 Å². The third-order valence-electron chi connectivity index (χ3n) is 7.87. The topological polar surface area (TPSA) is 111 Å². The molecule has 2 N–H and O–H groups in total. The van der Waals surface area contributed by atoms with Gasteiger partial charge in [0.15, 0.2) is 0 Å². The molecular weight excluding hydrogens is 584 g/mol. The second-order valence-electron chi connectivity index (χ2n) is 11.6. The fourth-order valence-corrected chi connectivity index (χ4v) is 5.75. The first kappa shape index (κ1) is 31.1. The molecule has 234 valence electrons. The lowest BCUT2D eigenvalue weighted by molar-refractivity contribution is -0.140. The summed E-state index contributed by atoms with van der Waals surface area (Å²) in [7, 11) is -0.667. The Kier molecular flexibility index (Phi) is 9.51. The van der Waals surface area contributed by atoms with Gasteiger partial charge in [-0.2, -0.15) is 0 Å². The van der Waals surface area contributed by atoms with Crippen LogP contribution in [-0.4, -0.2) is 49.9 Å². The van der Waals surface area contributed by atoms with Crippen molar-refractivity contribution in [2.24, 2.45) is 0 Å². The zero-order valence-electron chi connectivity index (χ0n) is 25.7. The molecule has 0 saturated carbocycles. The SMILES string of the molecule is CC(C)c1nc(-c2ccc(F)cc2)c(-c2ccnc(Nc3ccccc3)n2)n1CCC1CC(CC(=O)O)OB(c2ccccc2)O1. The smallest absolute Gasteiger partial charge is 0.481 e. The Morgan fingerprint density at radius 2 is 1.67 bits per heavy atom. The average molecular weight is 620 g/mol. The van der Waals surface area contributed by atoms with Crippen molar-refractivity contribution in [3.63, 3.8) is 0 Å². The fourth-order valence-electron chi connectivity index (χ4n) is 5.75. The minimum atomic E-state index is -0.913. The molecule has 0 radical (unpaired) electrons. The van der Waals surface area contributed by atoms with E-state index in [1.54, 1.807) is 18.3 Å². The van der Waals surface area contributed by atoms with E-state index in [9.17, 15) is 14.3 Å². The lowest BCUT2D eigenvalue weighted by Gasteiger charge is -2.34. The van der Waals surface area contributed by atoms with E-state index in [-0.39, 0.29) is 24.3 Å². The number of hydrogen-bond donors (Lipinski definition) is 2. The number of rotatable bonds is 11. The van der Waals surface area contributed by atoms with E-state index in [0.29, 0.717) is 36.7 Å². The fraction of sp³-hybridized carbons (Fsp3) is 0.257. The van der Waals surface area contributed by atoms with E-state index in [0.717, 1.165) is 28.2 Å². The number of aromatic nitrogens is 4. The number of carboxylic acid groups (broad SMARTS) is 1. The van der Waals surface area contributed by atoms with Crippen LogP contribution in [0.2, 0.25) is 0 Å². The number of carboxylic acids is 1. The first-order chi connectivity index (χ1) is 22.3. The summed E-state index contributed by atoms with van der Waals surface area (Å²) in [6.07, 6.45) is 1.86. The third-order valence-corrected chi connectivity index (χ3v) is 7.87. The molecule has 0 spiro atoms. The van der Waals surface area contributed by atoms with Crippen LogP contribution in [-0.2, 0) is 20.6 Å². The highest BCUT2D eigenvalue weighted by atomic mass is 19.1. The zero-order valence-corrected chi connectivity index (χ0v) is 25.7. The van der Waals surface area contributed by atoms with Gasteiger partial charge in [0.2, 0.25) is 5.95 Å². The number of nitrogens with one attached hydrogen (secondary N) is 1. The van der Waals surface area contributed by atoms with Crippen molar-refractivity contribution in [3.8, 4) is 22.6 Å². The first-order valence-corrected chi connectivity index (χ1v) is 15.4. The Balaban J connectivity index is 1.37. The van der Waals surface area contributed by atoms with Crippen LogP contribution in [0.15, 0.2) is 97.2 Å². The number of nitrogens with zero attached hydrogens (tertiary/aromatic N) is 4. The molecule has 1 fully saturated rings. The summed E-state index contributed by atoms with van der Waals surface area (Å²) < 4.78 is 28.6. The Hall–Kier alpha value is -4.87. The molecule has 5 aromatic rings.